The second kappa shape index (κ2) is 3.31. The Balaban J connectivity index is 2.45. The number of hydrogen-bond donors (Lipinski definition) is 1. The summed E-state index contributed by atoms with van der Waals surface area (Å²) >= 11 is 5.90. The lowest BCUT2D eigenvalue weighted by atomic mass is 10.3. The van der Waals surface area contributed by atoms with Gasteiger partial charge in [0.15, 0.2) is 0 Å². The highest BCUT2D eigenvalue weighted by Crippen LogP contribution is 2.34. The van der Waals surface area contributed by atoms with E-state index >= 15 is 0 Å². The number of halogens is 1. The maximum Gasteiger partial charge on any atom is 0.311 e. The van der Waals surface area contributed by atoms with E-state index in [-0.39, 0.29) is 11.4 Å². The van der Waals surface area contributed by atoms with Crippen LogP contribution in [0.15, 0.2) is 33.1 Å². The summed E-state index contributed by atoms with van der Waals surface area (Å²) in [7, 11) is 0. The molecule has 0 radical (unpaired) electrons. The molecule has 0 bridgehead atoms. The molecule has 2 heterocycles. The summed E-state index contributed by atoms with van der Waals surface area (Å²) in [4.78, 5) is 18.4. The highest BCUT2D eigenvalue weighted by atomic mass is 35.5. The molecule has 2 rings (SSSR count). The molecule has 0 saturated carbocycles. The fourth-order valence-electron chi connectivity index (χ4n) is 0.919. The van der Waals surface area contributed by atoms with E-state index in [1.165, 1.54) is 12.4 Å². The fraction of sp³-hybridized carbons (Fsp3) is 0.167. The minimum Gasteiger partial charge on any atom is -0.364 e. The van der Waals surface area contributed by atoms with Crippen molar-refractivity contribution in [2.45, 2.75) is 5.12 Å². The number of nitrogens with two attached hydrogens (primary N) is 1. The number of nitrogens with zero attached hydrogens (tertiary/aromatic N) is 6. The minimum atomic E-state index is -1.53. The van der Waals surface area contributed by atoms with Gasteiger partial charge in [-0.05, 0) is 10.4 Å². The molecule has 1 aromatic heterocycles. The molecule has 76 valence electrons. The molecule has 0 atom stereocenters. The Kier molecular flexibility index (Phi) is 2.12. The molecular weight excluding hydrogens is 222 g/mol. The average Bonchev–Trinajstić information content (AvgIpc) is 2.67. The fourth-order valence-corrected chi connectivity index (χ4v) is 1.08. The molecule has 0 saturated heterocycles. The summed E-state index contributed by atoms with van der Waals surface area (Å²) in [6.45, 7) is 0. The second-order valence-electron chi connectivity index (χ2n) is 2.62. The number of carbonyl (C=O) groups excluding carboxylic acids is 1. The van der Waals surface area contributed by atoms with Crippen LogP contribution in [0.25, 0.3) is 0 Å². The Labute approximate surface area is 88.3 Å². The van der Waals surface area contributed by atoms with Crippen molar-refractivity contribution in [3.8, 4) is 0 Å². The number of primary amides is 1. The molecule has 1 aromatic rings. The topological polar surface area (TPSA) is 118 Å². The summed E-state index contributed by atoms with van der Waals surface area (Å²) in [6.07, 6.45) is 2.53. The van der Waals surface area contributed by atoms with Crippen LogP contribution >= 0.6 is 11.6 Å². The first kappa shape index (κ1) is 9.59. The maximum absolute atomic E-state index is 10.8. The van der Waals surface area contributed by atoms with Crippen molar-refractivity contribution in [2.75, 3.05) is 0 Å². The van der Waals surface area contributed by atoms with Gasteiger partial charge in [-0.2, -0.15) is 0 Å². The molecule has 15 heavy (non-hydrogen) atoms. The van der Waals surface area contributed by atoms with E-state index in [0.29, 0.717) is 0 Å². The van der Waals surface area contributed by atoms with Crippen LogP contribution in [-0.2, 0) is 5.12 Å². The number of aromatic nitrogens is 2. The third-order valence-electron chi connectivity index (χ3n) is 1.61. The predicted octanol–water partition coefficient (Wildman–Crippen LogP) is 0.758. The van der Waals surface area contributed by atoms with Gasteiger partial charge in [0.25, 0.3) is 5.91 Å². The predicted molar refractivity (Wildman–Crippen MR) is 47.8 cm³/mol. The van der Waals surface area contributed by atoms with Crippen molar-refractivity contribution in [1.82, 2.24) is 9.97 Å². The summed E-state index contributed by atoms with van der Waals surface area (Å²) in [5, 5.41) is 12.1. The van der Waals surface area contributed by atoms with Crippen LogP contribution in [0, 0.1) is 0 Å². The Morgan fingerprint density at radius 3 is 2.60 bits per heavy atom. The second-order valence-corrected chi connectivity index (χ2v) is 3.15. The van der Waals surface area contributed by atoms with Crippen molar-refractivity contribution < 1.29 is 4.79 Å². The van der Waals surface area contributed by atoms with Gasteiger partial charge in [0.05, 0.1) is 12.4 Å². The van der Waals surface area contributed by atoms with Gasteiger partial charge < -0.3 is 5.73 Å². The van der Waals surface area contributed by atoms with E-state index in [4.69, 9.17) is 17.3 Å². The highest BCUT2D eigenvalue weighted by Gasteiger charge is 2.35. The Morgan fingerprint density at radius 1 is 1.33 bits per heavy atom. The van der Waals surface area contributed by atoms with Gasteiger partial charge in [-0.25, -0.2) is 4.98 Å². The van der Waals surface area contributed by atoms with Crippen molar-refractivity contribution in [3.63, 3.8) is 0 Å². The lowest BCUT2D eigenvalue weighted by Crippen LogP contribution is -2.18. The summed E-state index contributed by atoms with van der Waals surface area (Å²) < 4.78 is 0. The van der Waals surface area contributed by atoms with E-state index in [1.54, 1.807) is 0 Å². The van der Waals surface area contributed by atoms with E-state index < -0.39 is 11.0 Å². The highest BCUT2D eigenvalue weighted by molar-refractivity contribution is 6.23. The van der Waals surface area contributed by atoms with E-state index in [1.807, 2.05) is 0 Å². The Morgan fingerprint density at radius 2 is 2.00 bits per heavy atom. The zero-order valence-electron chi connectivity index (χ0n) is 7.20. The molecule has 9 heteroatoms. The molecule has 1 amide bonds. The third-order valence-corrected chi connectivity index (χ3v) is 1.95. The van der Waals surface area contributed by atoms with Crippen LogP contribution in [0.1, 0.15) is 16.2 Å². The first-order valence-electron chi connectivity index (χ1n) is 3.77. The van der Waals surface area contributed by atoms with Gasteiger partial charge in [0.1, 0.15) is 11.4 Å². The quantitative estimate of drug-likeness (QED) is 0.591. The first-order valence-corrected chi connectivity index (χ1v) is 4.15. The van der Waals surface area contributed by atoms with Crippen molar-refractivity contribution >= 4 is 17.5 Å². The van der Waals surface area contributed by atoms with Crippen LogP contribution in [0.4, 0.5) is 0 Å². The molecule has 1 aliphatic rings. The monoisotopic (exact) mass is 225 g/mol. The third kappa shape index (κ3) is 1.66. The standard InChI is InChI=1S/C6H4ClN7O/c7-6(11-13-14-12-6)4-2-9-1-3(10-4)5(8)15/h1-2H,(H2,8,15). The average molecular weight is 226 g/mol. The van der Waals surface area contributed by atoms with Gasteiger partial charge in [0.2, 0.25) is 0 Å². The first-order chi connectivity index (χ1) is 7.12. The number of hydrogen-bond acceptors (Lipinski definition) is 7. The number of alkyl halides is 1. The zero-order valence-corrected chi connectivity index (χ0v) is 7.96. The van der Waals surface area contributed by atoms with Gasteiger partial charge >= 0.3 is 5.12 Å². The molecular formula is C6H4ClN7O. The molecule has 1 aliphatic heterocycles. The van der Waals surface area contributed by atoms with Gasteiger partial charge in [-0.1, -0.05) is 11.6 Å². The molecule has 8 nitrogen and oxygen atoms in total. The molecule has 0 unspecified atom stereocenters. The van der Waals surface area contributed by atoms with Crippen LogP contribution in [-0.4, -0.2) is 15.9 Å². The zero-order chi connectivity index (χ0) is 10.9. The minimum absolute atomic E-state index is 0.0233. The number of rotatable bonds is 2. The van der Waals surface area contributed by atoms with Crippen molar-refractivity contribution in [1.29, 1.82) is 0 Å². The lowest BCUT2D eigenvalue weighted by molar-refractivity contribution is 0.0995. The van der Waals surface area contributed by atoms with E-state index in [0.717, 1.165) is 0 Å². The Hall–Kier alpha value is -1.96. The van der Waals surface area contributed by atoms with Gasteiger partial charge in [0, 0.05) is 0 Å². The normalized spacial score (nSPS) is 16.9. The lowest BCUT2D eigenvalue weighted by Gasteiger charge is -2.09. The Bertz CT molecular complexity index is 458. The van der Waals surface area contributed by atoms with Crippen LogP contribution in [0.5, 0.6) is 0 Å². The molecule has 2 N–H and O–H groups in total. The van der Waals surface area contributed by atoms with E-state index in [2.05, 4.69) is 30.6 Å². The van der Waals surface area contributed by atoms with Crippen LogP contribution in [0.3, 0.4) is 0 Å². The molecule has 0 fully saturated rings. The van der Waals surface area contributed by atoms with Gasteiger partial charge in [-0.3, -0.25) is 9.78 Å². The van der Waals surface area contributed by atoms with Crippen molar-refractivity contribution in [2.24, 2.45) is 26.4 Å². The van der Waals surface area contributed by atoms with Gasteiger partial charge in [-0.15, -0.1) is 10.2 Å². The summed E-state index contributed by atoms with van der Waals surface area (Å²) in [5.74, 6) is -0.712. The summed E-state index contributed by atoms with van der Waals surface area (Å²) in [5.41, 5.74) is 5.15. The van der Waals surface area contributed by atoms with Crippen molar-refractivity contribution in [3.05, 3.63) is 23.8 Å². The largest absolute Gasteiger partial charge is 0.364 e. The van der Waals surface area contributed by atoms with E-state index in [9.17, 15) is 4.79 Å². The smallest absolute Gasteiger partial charge is 0.311 e. The maximum atomic E-state index is 10.8. The van der Waals surface area contributed by atoms with Crippen LogP contribution in [0.2, 0.25) is 0 Å². The summed E-state index contributed by atoms with van der Waals surface area (Å²) in [6, 6.07) is 0. The molecule has 0 aliphatic carbocycles. The molecule has 0 spiro atoms. The number of amides is 1. The number of carbonyl (C=O) groups is 1. The molecule has 0 aromatic carbocycles. The van der Waals surface area contributed by atoms with Crippen LogP contribution < -0.4 is 5.73 Å². The SMILES string of the molecule is NC(=O)c1cncc(C2(Cl)N=NN=N2)n1.